The van der Waals surface area contributed by atoms with E-state index in [1.54, 1.807) is 0 Å². The van der Waals surface area contributed by atoms with E-state index in [9.17, 15) is 5.11 Å². The van der Waals surface area contributed by atoms with Crippen LogP contribution in [0.25, 0.3) is 0 Å². The van der Waals surface area contributed by atoms with Crippen molar-refractivity contribution in [2.24, 2.45) is 0 Å². The van der Waals surface area contributed by atoms with Crippen molar-refractivity contribution in [2.75, 3.05) is 6.61 Å². The van der Waals surface area contributed by atoms with E-state index in [-0.39, 0.29) is 0 Å². The molecule has 0 aliphatic carbocycles. The van der Waals surface area contributed by atoms with Crippen LogP contribution in [0.3, 0.4) is 0 Å². The molecule has 0 fully saturated rings. The predicted octanol–water partition coefficient (Wildman–Crippen LogP) is 5.39. The van der Waals surface area contributed by atoms with E-state index in [2.05, 4.69) is 38.8 Å². The summed E-state index contributed by atoms with van der Waals surface area (Å²) in [7, 11) is 0. The Morgan fingerprint density at radius 3 is 2.24 bits per heavy atom. The van der Waals surface area contributed by atoms with Crippen molar-refractivity contribution in [3.05, 3.63) is 62.0 Å². The van der Waals surface area contributed by atoms with Gasteiger partial charge in [-0.1, -0.05) is 41.1 Å². The molecule has 0 saturated carbocycles. The molecule has 0 bridgehead atoms. The van der Waals surface area contributed by atoms with E-state index in [0.29, 0.717) is 6.61 Å². The molecular weight excluding hydrogens is 396 g/mol. The lowest BCUT2D eigenvalue weighted by Crippen LogP contribution is -2.01. The van der Waals surface area contributed by atoms with Gasteiger partial charge in [-0.3, -0.25) is 0 Å². The van der Waals surface area contributed by atoms with Crippen LogP contribution in [0.4, 0.5) is 0 Å². The van der Waals surface area contributed by atoms with Gasteiger partial charge in [0.15, 0.2) is 0 Å². The summed E-state index contributed by atoms with van der Waals surface area (Å²) in [5.74, 6) is 0.804. The lowest BCUT2D eigenvalue weighted by atomic mass is 10.0. The second-order valence-corrected chi connectivity index (χ2v) is 6.66. The number of benzene rings is 2. The molecule has 112 valence electrons. The highest BCUT2D eigenvalue weighted by molar-refractivity contribution is 9.10. The molecule has 2 aromatic rings. The first-order valence-corrected chi connectivity index (χ1v) is 8.48. The Balaban J connectivity index is 2.24. The lowest BCUT2D eigenvalue weighted by molar-refractivity contribution is 0.220. The number of ether oxygens (including phenoxy) is 1. The Kier molecular flexibility index (Phi) is 5.85. The zero-order chi connectivity index (χ0) is 15.4. The molecule has 0 aromatic heterocycles. The first-order chi connectivity index (χ1) is 10.0. The maximum absolute atomic E-state index is 10.5. The van der Waals surface area contributed by atoms with E-state index in [1.807, 2.05) is 43.3 Å². The Morgan fingerprint density at radius 1 is 1.05 bits per heavy atom. The zero-order valence-electron chi connectivity index (χ0n) is 12.1. The zero-order valence-corrected chi connectivity index (χ0v) is 15.2. The highest BCUT2D eigenvalue weighted by Crippen LogP contribution is 2.32. The third-order valence-electron chi connectivity index (χ3n) is 3.24. The molecule has 1 N–H and O–H groups in total. The van der Waals surface area contributed by atoms with Gasteiger partial charge in [0.05, 0.1) is 11.1 Å². The monoisotopic (exact) mass is 412 g/mol. The molecule has 2 nitrogen and oxygen atoms in total. The summed E-state index contributed by atoms with van der Waals surface area (Å²) >= 11 is 7.00. The highest BCUT2D eigenvalue weighted by atomic mass is 79.9. The fraction of sp³-hybridized carbons (Fsp3) is 0.294. The second-order valence-electron chi connectivity index (χ2n) is 4.95. The largest absolute Gasteiger partial charge is 0.492 e. The van der Waals surface area contributed by atoms with E-state index >= 15 is 0 Å². The molecule has 0 heterocycles. The number of aliphatic hydroxyl groups is 1. The second kappa shape index (κ2) is 7.43. The number of hydrogen-bond acceptors (Lipinski definition) is 2. The van der Waals surface area contributed by atoms with Gasteiger partial charge in [-0.2, -0.15) is 0 Å². The summed E-state index contributed by atoms with van der Waals surface area (Å²) in [5.41, 5.74) is 2.85. The van der Waals surface area contributed by atoms with Gasteiger partial charge in [-0.05, 0) is 64.2 Å². The summed E-state index contributed by atoms with van der Waals surface area (Å²) in [6.45, 7) is 4.78. The van der Waals surface area contributed by atoms with Crippen LogP contribution in [0, 0.1) is 6.92 Å². The van der Waals surface area contributed by atoms with Crippen LogP contribution < -0.4 is 4.74 Å². The molecule has 0 saturated heterocycles. The van der Waals surface area contributed by atoms with Gasteiger partial charge in [-0.25, -0.2) is 0 Å². The molecule has 0 spiro atoms. The molecule has 0 aliphatic rings. The number of rotatable bonds is 5. The molecule has 0 aliphatic heterocycles. The minimum atomic E-state index is -0.654. The molecular formula is C17H18Br2O2. The van der Waals surface area contributed by atoms with Gasteiger partial charge in [-0.15, -0.1) is 0 Å². The molecule has 2 rings (SSSR count). The third kappa shape index (κ3) is 4.09. The van der Waals surface area contributed by atoms with E-state index in [4.69, 9.17) is 4.74 Å². The fourth-order valence-electron chi connectivity index (χ4n) is 1.99. The third-order valence-corrected chi connectivity index (χ3v) is 4.72. The average molecular weight is 414 g/mol. The molecule has 1 unspecified atom stereocenters. The highest BCUT2D eigenvalue weighted by Gasteiger charge is 2.13. The first-order valence-electron chi connectivity index (χ1n) is 6.89. The van der Waals surface area contributed by atoms with Crippen LogP contribution in [-0.4, -0.2) is 11.7 Å². The van der Waals surface area contributed by atoms with Gasteiger partial charge < -0.3 is 9.84 Å². The Morgan fingerprint density at radius 2 is 1.67 bits per heavy atom. The van der Waals surface area contributed by atoms with Crippen LogP contribution in [-0.2, 0) is 0 Å². The number of aliphatic hydroxyl groups excluding tert-OH is 1. The van der Waals surface area contributed by atoms with Crippen LogP contribution in [0.2, 0.25) is 0 Å². The Hall–Kier alpha value is -0.840. The minimum Gasteiger partial charge on any atom is -0.492 e. The molecule has 21 heavy (non-hydrogen) atoms. The van der Waals surface area contributed by atoms with Crippen molar-refractivity contribution in [3.63, 3.8) is 0 Å². The standard InChI is InChI=1S/C17H18Br2O2/c1-3-8-21-16-7-6-13(10-15(16)19)17(20)12-5-4-11(2)14(18)9-12/h4-7,9-10,17,20H,3,8H2,1-2H3. The summed E-state index contributed by atoms with van der Waals surface area (Å²) in [5, 5.41) is 10.5. The van der Waals surface area contributed by atoms with Crippen LogP contribution in [0.1, 0.15) is 36.1 Å². The van der Waals surface area contributed by atoms with Crippen molar-refractivity contribution in [2.45, 2.75) is 26.4 Å². The molecule has 4 heteroatoms. The SMILES string of the molecule is CCCOc1ccc(C(O)c2ccc(C)c(Br)c2)cc1Br. The maximum atomic E-state index is 10.5. The molecule has 0 radical (unpaired) electrons. The Bertz CT molecular complexity index is 626. The predicted molar refractivity (Wildman–Crippen MR) is 92.9 cm³/mol. The van der Waals surface area contributed by atoms with Crippen molar-refractivity contribution in [1.29, 1.82) is 0 Å². The van der Waals surface area contributed by atoms with Crippen molar-refractivity contribution < 1.29 is 9.84 Å². The lowest BCUT2D eigenvalue weighted by Gasteiger charge is -2.15. The van der Waals surface area contributed by atoms with Gasteiger partial charge in [0.25, 0.3) is 0 Å². The normalized spacial score (nSPS) is 12.2. The van der Waals surface area contributed by atoms with Crippen molar-refractivity contribution in [3.8, 4) is 5.75 Å². The van der Waals surface area contributed by atoms with Gasteiger partial charge in [0.1, 0.15) is 11.9 Å². The number of halogens is 2. The molecule has 1 atom stereocenters. The van der Waals surface area contributed by atoms with Gasteiger partial charge in [0, 0.05) is 4.47 Å². The fourth-order valence-corrected chi connectivity index (χ4v) is 2.90. The van der Waals surface area contributed by atoms with Crippen LogP contribution in [0.5, 0.6) is 5.75 Å². The smallest absolute Gasteiger partial charge is 0.133 e. The van der Waals surface area contributed by atoms with Gasteiger partial charge >= 0.3 is 0 Å². The van der Waals surface area contributed by atoms with Gasteiger partial charge in [0.2, 0.25) is 0 Å². The summed E-state index contributed by atoms with van der Waals surface area (Å²) in [6, 6.07) is 11.6. The quantitative estimate of drug-likeness (QED) is 0.711. The van der Waals surface area contributed by atoms with Crippen molar-refractivity contribution in [1.82, 2.24) is 0 Å². The van der Waals surface area contributed by atoms with Crippen molar-refractivity contribution >= 4 is 31.9 Å². The summed E-state index contributed by atoms with van der Waals surface area (Å²) in [6.07, 6.45) is 0.312. The van der Waals surface area contributed by atoms with Crippen LogP contribution >= 0.6 is 31.9 Å². The number of aryl methyl sites for hydroxylation is 1. The first kappa shape index (κ1) is 16.5. The number of hydrogen-bond donors (Lipinski definition) is 1. The molecule has 0 amide bonds. The average Bonchev–Trinajstić information content (AvgIpc) is 2.48. The van der Waals surface area contributed by atoms with E-state index < -0.39 is 6.10 Å². The van der Waals surface area contributed by atoms with E-state index in [0.717, 1.165) is 37.8 Å². The topological polar surface area (TPSA) is 29.5 Å². The summed E-state index contributed by atoms with van der Waals surface area (Å²) < 4.78 is 7.49. The maximum Gasteiger partial charge on any atom is 0.133 e. The van der Waals surface area contributed by atoms with Crippen LogP contribution in [0.15, 0.2) is 45.3 Å². The molecule has 2 aromatic carbocycles. The Labute approximate surface area is 142 Å². The van der Waals surface area contributed by atoms with E-state index in [1.165, 1.54) is 0 Å². The summed E-state index contributed by atoms with van der Waals surface area (Å²) in [4.78, 5) is 0. The minimum absolute atomic E-state index is 0.654.